The molecule has 1 rings (SSSR count). The number of hydrogen-bond acceptors (Lipinski definition) is 3. The molecule has 82 valence electrons. The molecule has 0 unspecified atom stereocenters. The second kappa shape index (κ2) is 6.14. The first-order valence-electron chi connectivity index (χ1n) is 5.16. The Morgan fingerprint density at radius 3 is 2.93 bits per heavy atom. The van der Waals surface area contributed by atoms with Gasteiger partial charge in [-0.2, -0.15) is 0 Å². The third-order valence-corrected chi connectivity index (χ3v) is 2.09. The number of amides is 1. The quantitative estimate of drug-likeness (QED) is 0.700. The summed E-state index contributed by atoms with van der Waals surface area (Å²) >= 11 is 0. The molecule has 1 aromatic heterocycles. The van der Waals surface area contributed by atoms with E-state index in [1.165, 1.54) is 0 Å². The Hall–Kier alpha value is -1.42. The summed E-state index contributed by atoms with van der Waals surface area (Å²) in [5.41, 5.74) is 1.41. The normalized spacial score (nSPS) is 10.0. The highest BCUT2D eigenvalue weighted by Gasteiger charge is 2.07. The van der Waals surface area contributed by atoms with Crippen LogP contribution in [0.2, 0.25) is 0 Å². The van der Waals surface area contributed by atoms with Crippen LogP contribution in [0.3, 0.4) is 0 Å². The summed E-state index contributed by atoms with van der Waals surface area (Å²) in [4.78, 5) is 15.7. The predicted molar refractivity (Wildman–Crippen MR) is 59.9 cm³/mol. The highest BCUT2D eigenvalue weighted by molar-refractivity contribution is 5.95. The molecule has 0 aliphatic carbocycles. The van der Waals surface area contributed by atoms with Gasteiger partial charge in [0.15, 0.2) is 0 Å². The highest BCUT2D eigenvalue weighted by atomic mass is 16.1. The molecule has 0 bridgehead atoms. The van der Waals surface area contributed by atoms with Crippen molar-refractivity contribution in [3.05, 3.63) is 29.6 Å². The first-order valence-corrected chi connectivity index (χ1v) is 5.16. The van der Waals surface area contributed by atoms with Crippen molar-refractivity contribution in [2.75, 3.05) is 19.6 Å². The van der Waals surface area contributed by atoms with Crippen LogP contribution in [0.1, 0.15) is 23.0 Å². The van der Waals surface area contributed by atoms with Crippen LogP contribution < -0.4 is 10.6 Å². The summed E-state index contributed by atoms with van der Waals surface area (Å²) in [6.07, 6.45) is 1.69. The standard InChI is InChI=1S/C11H17N3O/c1-3-12-7-8-14-11(15)10-5-4-6-13-9(10)2/h4-6,12H,3,7-8H2,1-2H3,(H,14,15). The fourth-order valence-electron chi connectivity index (χ4n) is 1.26. The van der Waals surface area contributed by atoms with E-state index in [9.17, 15) is 4.79 Å². The zero-order valence-electron chi connectivity index (χ0n) is 9.21. The van der Waals surface area contributed by atoms with Gasteiger partial charge in [-0.1, -0.05) is 6.92 Å². The summed E-state index contributed by atoms with van der Waals surface area (Å²) in [5.74, 6) is -0.0569. The molecule has 15 heavy (non-hydrogen) atoms. The lowest BCUT2D eigenvalue weighted by atomic mass is 10.2. The van der Waals surface area contributed by atoms with Gasteiger partial charge in [-0.25, -0.2) is 0 Å². The number of nitrogens with zero attached hydrogens (tertiary/aromatic N) is 1. The molecule has 0 saturated heterocycles. The van der Waals surface area contributed by atoms with Gasteiger partial charge in [0.2, 0.25) is 0 Å². The van der Waals surface area contributed by atoms with Crippen molar-refractivity contribution < 1.29 is 4.79 Å². The molecule has 0 atom stereocenters. The average molecular weight is 207 g/mol. The van der Waals surface area contributed by atoms with E-state index in [1.54, 1.807) is 18.3 Å². The molecule has 0 fully saturated rings. The lowest BCUT2D eigenvalue weighted by molar-refractivity contribution is 0.0953. The summed E-state index contributed by atoms with van der Waals surface area (Å²) in [6.45, 7) is 6.22. The molecule has 0 aliphatic heterocycles. The van der Waals surface area contributed by atoms with Gasteiger partial charge in [-0.05, 0) is 25.6 Å². The number of hydrogen-bond donors (Lipinski definition) is 2. The lowest BCUT2D eigenvalue weighted by Crippen LogP contribution is -2.32. The smallest absolute Gasteiger partial charge is 0.253 e. The number of carbonyl (C=O) groups is 1. The SMILES string of the molecule is CCNCCNC(=O)c1cccnc1C. The summed E-state index contributed by atoms with van der Waals surface area (Å²) < 4.78 is 0. The van der Waals surface area contributed by atoms with Crippen LogP contribution in [0.4, 0.5) is 0 Å². The Labute approximate surface area is 90.1 Å². The van der Waals surface area contributed by atoms with E-state index in [-0.39, 0.29) is 5.91 Å². The van der Waals surface area contributed by atoms with E-state index in [4.69, 9.17) is 0 Å². The zero-order valence-corrected chi connectivity index (χ0v) is 9.21. The molecule has 0 radical (unpaired) electrons. The van der Waals surface area contributed by atoms with Gasteiger partial charge in [0.25, 0.3) is 5.91 Å². The molecule has 4 heteroatoms. The van der Waals surface area contributed by atoms with Crippen LogP contribution in [0, 0.1) is 6.92 Å². The topological polar surface area (TPSA) is 54.0 Å². The van der Waals surface area contributed by atoms with Gasteiger partial charge in [0.05, 0.1) is 5.56 Å². The third kappa shape index (κ3) is 3.67. The van der Waals surface area contributed by atoms with Crippen molar-refractivity contribution in [1.82, 2.24) is 15.6 Å². The van der Waals surface area contributed by atoms with Crippen molar-refractivity contribution in [3.63, 3.8) is 0 Å². The van der Waals surface area contributed by atoms with Crippen LogP contribution in [0.5, 0.6) is 0 Å². The molecule has 2 N–H and O–H groups in total. The fraction of sp³-hybridized carbons (Fsp3) is 0.455. The Morgan fingerprint density at radius 1 is 1.47 bits per heavy atom. The van der Waals surface area contributed by atoms with Crippen LogP contribution in [-0.2, 0) is 0 Å². The maximum absolute atomic E-state index is 11.6. The maximum Gasteiger partial charge on any atom is 0.253 e. The molecule has 4 nitrogen and oxygen atoms in total. The van der Waals surface area contributed by atoms with E-state index in [1.807, 2.05) is 13.8 Å². The average Bonchev–Trinajstić information content (AvgIpc) is 2.25. The molecule has 0 spiro atoms. The highest BCUT2D eigenvalue weighted by Crippen LogP contribution is 2.02. The van der Waals surface area contributed by atoms with Crippen molar-refractivity contribution in [2.24, 2.45) is 0 Å². The minimum atomic E-state index is -0.0569. The Morgan fingerprint density at radius 2 is 2.27 bits per heavy atom. The minimum absolute atomic E-state index is 0.0569. The number of aromatic nitrogens is 1. The Kier molecular flexibility index (Phi) is 4.77. The van der Waals surface area contributed by atoms with Gasteiger partial charge in [0.1, 0.15) is 0 Å². The molecule has 1 aromatic rings. The molecular weight excluding hydrogens is 190 g/mol. The van der Waals surface area contributed by atoms with Crippen molar-refractivity contribution >= 4 is 5.91 Å². The van der Waals surface area contributed by atoms with E-state index >= 15 is 0 Å². The predicted octanol–water partition coefficient (Wildman–Crippen LogP) is 0.729. The van der Waals surface area contributed by atoms with Gasteiger partial charge < -0.3 is 10.6 Å². The monoisotopic (exact) mass is 207 g/mol. The summed E-state index contributed by atoms with van der Waals surface area (Å²) in [7, 11) is 0. The number of rotatable bonds is 5. The maximum atomic E-state index is 11.6. The molecule has 0 saturated carbocycles. The second-order valence-electron chi connectivity index (χ2n) is 3.25. The van der Waals surface area contributed by atoms with E-state index < -0.39 is 0 Å². The van der Waals surface area contributed by atoms with Crippen molar-refractivity contribution in [1.29, 1.82) is 0 Å². The van der Waals surface area contributed by atoms with Gasteiger partial charge in [-0.15, -0.1) is 0 Å². The minimum Gasteiger partial charge on any atom is -0.351 e. The molecule has 1 amide bonds. The molecule has 0 aliphatic rings. The fourth-order valence-corrected chi connectivity index (χ4v) is 1.26. The number of carbonyl (C=O) groups excluding carboxylic acids is 1. The lowest BCUT2D eigenvalue weighted by Gasteiger charge is -2.06. The second-order valence-corrected chi connectivity index (χ2v) is 3.25. The number of likely N-dealkylation sites (N-methyl/N-ethyl adjacent to an activating group) is 1. The van der Waals surface area contributed by atoms with Crippen LogP contribution >= 0.6 is 0 Å². The Bertz CT molecular complexity index is 325. The van der Waals surface area contributed by atoms with Gasteiger partial charge >= 0.3 is 0 Å². The van der Waals surface area contributed by atoms with Crippen LogP contribution in [0.15, 0.2) is 18.3 Å². The number of pyridine rings is 1. The van der Waals surface area contributed by atoms with Crippen LogP contribution in [0.25, 0.3) is 0 Å². The van der Waals surface area contributed by atoms with Crippen molar-refractivity contribution in [3.8, 4) is 0 Å². The van der Waals surface area contributed by atoms with E-state index in [0.717, 1.165) is 18.8 Å². The summed E-state index contributed by atoms with van der Waals surface area (Å²) in [6, 6.07) is 3.55. The molecule has 1 heterocycles. The van der Waals surface area contributed by atoms with Gasteiger partial charge in [0, 0.05) is 25.0 Å². The first-order chi connectivity index (χ1) is 7.25. The molecule has 0 aromatic carbocycles. The number of nitrogens with one attached hydrogen (secondary N) is 2. The number of aryl methyl sites for hydroxylation is 1. The van der Waals surface area contributed by atoms with Crippen LogP contribution in [-0.4, -0.2) is 30.5 Å². The van der Waals surface area contributed by atoms with E-state index in [0.29, 0.717) is 12.1 Å². The van der Waals surface area contributed by atoms with Crippen molar-refractivity contribution in [2.45, 2.75) is 13.8 Å². The largest absolute Gasteiger partial charge is 0.351 e. The van der Waals surface area contributed by atoms with E-state index in [2.05, 4.69) is 15.6 Å². The zero-order chi connectivity index (χ0) is 11.1. The van der Waals surface area contributed by atoms with Gasteiger partial charge in [-0.3, -0.25) is 9.78 Å². The third-order valence-electron chi connectivity index (χ3n) is 2.09. The summed E-state index contributed by atoms with van der Waals surface area (Å²) in [5, 5.41) is 5.97. The molecular formula is C11H17N3O. The Balaban J connectivity index is 2.44. The first kappa shape index (κ1) is 11.7.